The van der Waals surface area contributed by atoms with Crippen LogP contribution in [-0.4, -0.2) is 12.6 Å². The van der Waals surface area contributed by atoms with Crippen molar-refractivity contribution >= 4 is 5.97 Å². The van der Waals surface area contributed by atoms with Gasteiger partial charge in [0.25, 0.3) is 0 Å². The Morgan fingerprint density at radius 2 is 1.93 bits per heavy atom. The van der Waals surface area contributed by atoms with Crippen molar-refractivity contribution in [3.05, 3.63) is 29.8 Å². The lowest BCUT2D eigenvalue weighted by Gasteiger charge is -2.04. The van der Waals surface area contributed by atoms with E-state index in [1.807, 2.05) is 0 Å². The van der Waals surface area contributed by atoms with Crippen LogP contribution in [0.1, 0.15) is 30.1 Å². The Bertz CT molecular complexity index is 290. The first-order chi connectivity index (χ1) is 6.74. The Hall–Kier alpha value is -1.51. The van der Waals surface area contributed by atoms with E-state index in [1.54, 1.807) is 12.1 Å². The maximum absolute atomic E-state index is 10.4. The summed E-state index contributed by atoms with van der Waals surface area (Å²) in [6.07, 6.45) is 2.08. The van der Waals surface area contributed by atoms with Crippen molar-refractivity contribution < 1.29 is 14.6 Å². The summed E-state index contributed by atoms with van der Waals surface area (Å²) in [6, 6.07) is 6.24. The largest absolute Gasteiger partial charge is 0.494 e. The summed E-state index contributed by atoms with van der Waals surface area (Å²) in [6.45, 7) is 2.75. The fourth-order valence-corrected chi connectivity index (χ4v) is 1.02. The number of benzene rings is 1. The summed E-state index contributed by atoms with van der Waals surface area (Å²) >= 11 is 0. The second-order valence-corrected chi connectivity index (χ2v) is 3.01. The van der Waals surface area contributed by atoms with Crippen molar-refractivity contribution in [3.63, 3.8) is 0 Å². The van der Waals surface area contributed by atoms with E-state index in [0.29, 0.717) is 12.4 Å². The third-order valence-corrected chi connectivity index (χ3v) is 1.86. The predicted molar refractivity (Wildman–Crippen MR) is 51.9 cm³/mol. The molecule has 0 aliphatic rings. The van der Waals surface area contributed by atoms with Gasteiger partial charge in [0.1, 0.15) is 5.75 Å². The van der Waals surface area contributed by atoms with Crippen LogP contribution < -0.4 is 4.74 Å². The van der Waals surface area contributed by atoms with Crippen LogP contribution in [0.3, 0.4) is 0 Å². The van der Waals surface area contributed by atoms with Gasteiger partial charge in [-0.1, -0.05) is 13.3 Å². The zero-order valence-corrected chi connectivity index (χ0v) is 8.16. The highest BCUT2D eigenvalue weighted by Crippen LogP contribution is 2.12. The molecule has 3 nitrogen and oxygen atoms in total. The summed E-state index contributed by atoms with van der Waals surface area (Å²) in [7, 11) is 0. The lowest BCUT2D eigenvalue weighted by atomic mass is 10.2. The molecular weight excluding hydrogens is 180 g/mol. The van der Waals surface area contributed by atoms with Gasteiger partial charge < -0.3 is 4.74 Å². The molecule has 0 aliphatic carbocycles. The minimum atomic E-state index is -1.16. The number of rotatable bonds is 5. The molecule has 0 saturated carbocycles. The van der Waals surface area contributed by atoms with Crippen molar-refractivity contribution in [2.24, 2.45) is 0 Å². The number of ether oxygens (including phenoxy) is 1. The van der Waals surface area contributed by atoms with Crippen LogP contribution in [0.4, 0.5) is 0 Å². The molecule has 14 heavy (non-hydrogen) atoms. The van der Waals surface area contributed by atoms with Crippen LogP contribution in [0.25, 0.3) is 0 Å². The van der Waals surface area contributed by atoms with Crippen molar-refractivity contribution in [2.75, 3.05) is 6.61 Å². The van der Waals surface area contributed by atoms with Gasteiger partial charge in [0.05, 0.1) is 12.2 Å². The van der Waals surface area contributed by atoms with Crippen LogP contribution in [0.2, 0.25) is 0 Å². The fourth-order valence-electron chi connectivity index (χ4n) is 1.02. The molecule has 1 rings (SSSR count). The van der Waals surface area contributed by atoms with Gasteiger partial charge in [-0.05, 0) is 30.7 Å². The molecule has 0 amide bonds. The minimum Gasteiger partial charge on any atom is -0.494 e. The average Bonchev–Trinajstić information content (AvgIpc) is 2.19. The zero-order chi connectivity index (χ0) is 10.4. The molecule has 0 saturated heterocycles. The quantitative estimate of drug-likeness (QED) is 0.674. The van der Waals surface area contributed by atoms with Crippen molar-refractivity contribution in [3.8, 4) is 5.75 Å². The van der Waals surface area contributed by atoms with Crippen molar-refractivity contribution in [1.29, 1.82) is 0 Å². The van der Waals surface area contributed by atoms with Crippen LogP contribution in [-0.2, 0) is 5.11 Å². The molecule has 0 aromatic heterocycles. The lowest BCUT2D eigenvalue weighted by molar-refractivity contribution is 0.0573. The van der Waals surface area contributed by atoms with Crippen molar-refractivity contribution in [1.82, 2.24) is 0 Å². The first-order valence-electron chi connectivity index (χ1n) is 4.68. The molecule has 0 heterocycles. The van der Waals surface area contributed by atoms with Crippen LogP contribution in [0.15, 0.2) is 24.3 Å². The van der Waals surface area contributed by atoms with E-state index in [0.717, 1.165) is 12.8 Å². The molecule has 0 bridgehead atoms. The predicted octanol–water partition coefficient (Wildman–Crippen LogP) is 2.44. The van der Waals surface area contributed by atoms with Gasteiger partial charge in [-0.3, -0.25) is 0 Å². The molecule has 0 unspecified atom stereocenters. The normalized spacial score (nSPS) is 9.79. The van der Waals surface area contributed by atoms with E-state index < -0.39 is 5.97 Å². The first kappa shape index (κ1) is 10.6. The molecule has 0 aliphatic heterocycles. The number of unbranched alkanes of at least 4 members (excludes halogenated alkanes) is 1. The topological polar surface area (TPSA) is 46.2 Å². The second-order valence-electron chi connectivity index (χ2n) is 3.01. The smallest absolute Gasteiger partial charge is 0.386 e. The van der Waals surface area contributed by atoms with Gasteiger partial charge in [0.2, 0.25) is 0 Å². The molecular formula is C11H13O3. The van der Waals surface area contributed by atoms with Crippen molar-refractivity contribution in [2.45, 2.75) is 19.8 Å². The highest BCUT2D eigenvalue weighted by molar-refractivity contribution is 5.87. The standard InChI is InChI=1S/C11H13O3/c1-2-3-8-14-10-6-4-9(5-7-10)11(12)13/h4-7H,2-3,8H2,1H3. The number of carbonyl (C=O) groups excluding carboxylic acids is 1. The molecule has 0 N–H and O–H groups in total. The van der Waals surface area contributed by atoms with Gasteiger partial charge >= 0.3 is 5.97 Å². The summed E-state index contributed by atoms with van der Waals surface area (Å²) in [5.41, 5.74) is 0.174. The number of carbonyl (C=O) groups is 1. The van der Waals surface area contributed by atoms with Gasteiger partial charge in [0.15, 0.2) is 0 Å². The Morgan fingerprint density at radius 3 is 2.43 bits per heavy atom. The average molecular weight is 193 g/mol. The molecule has 0 spiro atoms. The molecule has 75 valence electrons. The maximum Gasteiger partial charge on any atom is 0.386 e. The summed E-state index contributed by atoms with van der Waals surface area (Å²) in [4.78, 5) is 10.4. The highest BCUT2D eigenvalue weighted by atomic mass is 16.5. The zero-order valence-electron chi connectivity index (χ0n) is 8.16. The summed E-state index contributed by atoms with van der Waals surface area (Å²) < 4.78 is 5.37. The van der Waals surface area contributed by atoms with E-state index in [9.17, 15) is 9.90 Å². The molecule has 0 atom stereocenters. The molecule has 1 aromatic carbocycles. The number of hydrogen-bond acceptors (Lipinski definition) is 2. The van der Waals surface area contributed by atoms with E-state index in [1.165, 1.54) is 12.1 Å². The molecule has 1 radical (unpaired) electrons. The molecule has 3 heteroatoms. The molecule has 1 aromatic rings. The van der Waals surface area contributed by atoms with E-state index in [2.05, 4.69) is 6.92 Å². The van der Waals surface area contributed by atoms with Gasteiger partial charge in [-0.2, -0.15) is 0 Å². The second kappa shape index (κ2) is 5.27. The third-order valence-electron chi connectivity index (χ3n) is 1.86. The number of hydrogen-bond donors (Lipinski definition) is 0. The minimum absolute atomic E-state index is 0.174. The lowest BCUT2D eigenvalue weighted by Crippen LogP contribution is -1.98. The summed E-state index contributed by atoms with van der Waals surface area (Å²) in [5, 5.41) is 10.4. The summed E-state index contributed by atoms with van der Waals surface area (Å²) in [5.74, 6) is -0.464. The van der Waals surface area contributed by atoms with Crippen LogP contribution >= 0.6 is 0 Å². The van der Waals surface area contributed by atoms with Gasteiger partial charge in [-0.25, -0.2) is 9.90 Å². The highest BCUT2D eigenvalue weighted by Gasteiger charge is 2.03. The van der Waals surface area contributed by atoms with Gasteiger partial charge in [-0.15, -0.1) is 0 Å². The Kier molecular flexibility index (Phi) is 3.98. The maximum atomic E-state index is 10.4. The Labute approximate surface area is 83.3 Å². The Morgan fingerprint density at radius 1 is 1.29 bits per heavy atom. The van der Waals surface area contributed by atoms with Gasteiger partial charge in [0, 0.05) is 0 Å². The van der Waals surface area contributed by atoms with E-state index in [4.69, 9.17) is 4.74 Å². The molecule has 0 fully saturated rings. The third kappa shape index (κ3) is 3.09. The van der Waals surface area contributed by atoms with Crippen LogP contribution in [0.5, 0.6) is 5.75 Å². The fraction of sp³-hybridized carbons (Fsp3) is 0.364. The van der Waals surface area contributed by atoms with Crippen LogP contribution in [0, 0.1) is 0 Å². The van der Waals surface area contributed by atoms with E-state index in [-0.39, 0.29) is 5.56 Å². The monoisotopic (exact) mass is 193 g/mol. The SMILES string of the molecule is CCCCOc1ccc(C([O])=O)cc1. The first-order valence-corrected chi connectivity index (χ1v) is 4.68. The van der Waals surface area contributed by atoms with E-state index >= 15 is 0 Å². The Balaban J connectivity index is 2.51.